The lowest BCUT2D eigenvalue weighted by atomic mass is 9.82. The molecule has 1 unspecified atom stereocenters. The van der Waals surface area contributed by atoms with Gasteiger partial charge < -0.3 is 9.84 Å². The number of ether oxygens (including phenoxy) is 1. The maximum atomic E-state index is 13.2. The Kier molecular flexibility index (Phi) is 5.51. The summed E-state index contributed by atoms with van der Waals surface area (Å²) in [4.78, 5) is 27.7. The van der Waals surface area contributed by atoms with Crippen LogP contribution >= 0.6 is 0 Å². The molecule has 0 bridgehead atoms. The fourth-order valence-electron chi connectivity index (χ4n) is 3.53. The number of carbonyl (C=O) groups is 2. The maximum Gasteiger partial charge on any atom is 0.294 e. The van der Waals surface area contributed by atoms with Crippen LogP contribution in [0.15, 0.2) is 59.9 Å². The van der Waals surface area contributed by atoms with Gasteiger partial charge >= 0.3 is 0 Å². The monoisotopic (exact) mass is 393 g/mol. The fraction of sp³-hybridized carbons (Fsp3) is 0.333. The second-order valence-corrected chi connectivity index (χ2v) is 8.26. The minimum atomic E-state index is -0.736. The predicted molar refractivity (Wildman–Crippen MR) is 113 cm³/mol. The molecule has 0 spiro atoms. The van der Waals surface area contributed by atoms with Crippen molar-refractivity contribution in [3.8, 4) is 5.75 Å². The van der Waals surface area contributed by atoms with E-state index in [1.54, 1.807) is 45.0 Å². The number of benzene rings is 2. The molecule has 1 amide bonds. The zero-order valence-electron chi connectivity index (χ0n) is 17.5. The molecule has 2 aromatic carbocycles. The summed E-state index contributed by atoms with van der Waals surface area (Å²) >= 11 is 0. The van der Waals surface area contributed by atoms with E-state index in [4.69, 9.17) is 4.74 Å². The molecule has 1 aliphatic rings. The number of aliphatic hydroxyl groups excluding tert-OH is 1. The third kappa shape index (κ3) is 3.90. The molecule has 0 saturated heterocycles. The van der Waals surface area contributed by atoms with Crippen molar-refractivity contribution >= 4 is 17.4 Å². The summed E-state index contributed by atoms with van der Waals surface area (Å²) in [6.45, 7) is 9.75. The Bertz CT molecular complexity index is 967. The smallest absolute Gasteiger partial charge is 0.294 e. The van der Waals surface area contributed by atoms with Gasteiger partial charge in [-0.15, -0.1) is 0 Å². The van der Waals surface area contributed by atoms with Gasteiger partial charge in [-0.3, -0.25) is 14.5 Å². The molecule has 1 N–H and O–H groups in total. The van der Waals surface area contributed by atoms with E-state index in [1.807, 2.05) is 38.1 Å². The van der Waals surface area contributed by atoms with Gasteiger partial charge in [0, 0.05) is 11.1 Å². The molecule has 1 heterocycles. The third-order valence-electron chi connectivity index (χ3n) is 4.92. The van der Waals surface area contributed by atoms with E-state index in [-0.39, 0.29) is 11.4 Å². The van der Waals surface area contributed by atoms with Crippen molar-refractivity contribution in [1.82, 2.24) is 0 Å². The summed E-state index contributed by atoms with van der Waals surface area (Å²) in [5, 5.41) is 10.7. The highest BCUT2D eigenvalue weighted by Crippen LogP contribution is 2.43. The van der Waals surface area contributed by atoms with E-state index >= 15 is 0 Å². The van der Waals surface area contributed by atoms with Crippen LogP contribution in [0.25, 0.3) is 0 Å². The zero-order chi connectivity index (χ0) is 21.3. The van der Waals surface area contributed by atoms with E-state index in [1.165, 1.54) is 4.90 Å². The Morgan fingerprint density at radius 1 is 1.14 bits per heavy atom. The topological polar surface area (TPSA) is 66.8 Å². The maximum absolute atomic E-state index is 13.2. The molecule has 0 fully saturated rings. The number of anilines is 1. The first-order valence-corrected chi connectivity index (χ1v) is 9.76. The number of carbonyl (C=O) groups excluding carboxylic acids is 2. The third-order valence-corrected chi connectivity index (χ3v) is 4.92. The van der Waals surface area contributed by atoms with Crippen LogP contribution in [-0.2, 0) is 9.59 Å². The van der Waals surface area contributed by atoms with Crippen LogP contribution < -0.4 is 9.64 Å². The van der Waals surface area contributed by atoms with Crippen molar-refractivity contribution in [3.05, 3.63) is 71.0 Å². The molecule has 5 heteroatoms. The highest BCUT2D eigenvalue weighted by atomic mass is 16.5. The molecule has 0 saturated carbocycles. The van der Waals surface area contributed by atoms with Crippen LogP contribution in [0.4, 0.5) is 5.69 Å². The standard InChI is InChI=1S/C24H27NO4/c1-6-29-18-12-10-17(11-13-18)25-20(16-9-7-8-15(2)14-16)19(21(26)23(25)28)22(27)24(3,4)5/h7-14,20,26H,6H2,1-5H3. The highest BCUT2D eigenvalue weighted by molar-refractivity contribution is 6.17. The summed E-state index contributed by atoms with van der Waals surface area (Å²) in [6.07, 6.45) is 0. The number of hydrogen-bond donors (Lipinski definition) is 1. The second kappa shape index (κ2) is 7.74. The number of nitrogens with zero attached hydrogens (tertiary/aromatic N) is 1. The fourth-order valence-corrected chi connectivity index (χ4v) is 3.53. The average Bonchev–Trinajstić information content (AvgIpc) is 2.92. The predicted octanol–water partition coefficient (Wildman–Crippen LogP) is 4.91. The molecule has 29 heavy (non-hydrogen) atoms. The van der Waals surface area contributed by atoms with Crippen LogP contribution in [0.3, 0.4) is 0 Å². The quantitative estimate of drug-likeness (QED) is 0.784. The van der Waals surface area contributed by atoms with Gasteiger partial charge in [0.05, 0.1) is 18.2 Å². The van der Waals surface area contributed by atoms with E-state index in [2.05, 4.69) is 0 Å². The molecule has 152 valence electrons. The van der Waals surface area contributed by atoms with Crippen LogP contribution in [0.2, 0.25) is 0 Å². The zero-order valence-corrected chi connectivity index (χ0v) is 17.5. The number of hydrogen-bond acceptors (Lipinski definition) is 4. The molecule has 5 nitrogen and oxygen atoms in total. The Morgan fingerprint density at radius 2 is 1.79 bits per heavy atom. The van der Waals surface area contributed by atoms with Crippen LogP contribution in [0.1, 0.15) is 44.9 Å². The van der Waals surface area contributed by atoms with Crippen molar-refractivity contribution in [3.63, 3.8) is 0 Å². The number of aliphatic hydroxyl groups is 1. The van der Waals surface area contributed by atoms with Crippen molar-refractivity contribution in [2.45, 2.75) is 40.7 Å². The van der Waals surface area contributed by atoms with E-state index in [9.17, 15) is 14.7 Å². The first-order chi connectivity index (χ1) is 13.6. The number of aryl methyl sites for hydroxylation is 1. The molecule has 0 aliphatic carbocycles. The van der Waals surface area contributed by atoms with Crippen LogP contribution in [-0.4, -0.2) is 23.4 Å². The van der Waals surface area contributed by atoms with Gasteiger partial charge in [0.25, 0.3) is 5.91 Å². The Morgan fingerprint density at radius 3 is 2.34 bits per heavy atom. The molecule has 1 atom stereocenters. The minimum Gasteiger partial charge on any atom is -0.503 e. The van der Waals surface area contributed by atoms with Crippen molar-refractivity contribution < 1.29 is 19.4 Å². The van der Waals surface area contributed by atoms with Gasteiger partial charge in [0.15, 0.2) is 11.5 Å². The lowest BCUT2D eigenvalue weighted by Gasteiger charge is -2.29. The van der Waals surface area contributed by atoms with Crippen molar-refractivity contribution in [1.29, 1.82) is 0 Å². The largest absolute Gasteiger partial charge is 0.503 e. The summed E-state index contributed by atoms with van der Waals surface area (Å²) in [6, 6.07) is 14.1. The van der Waals surface area contributed by atoms with E-state index < -0.39 is 23.1 Å². The second-order valence-electron chi connectivity index (χ2n) is 8.26. The number of ketones is 1. The molecular weight excluding hydrogens is 366 g/mol. The minimum absolute atomic E-state index is 0.141. The van der Waals surface area contributed by atoms with Gasteiger partial charge in [-0.2, -0.15) is 0 Å². The van der Waals surface area contributed by atoms with E-state index in [0.29, 0.717) is 18.0 Å². The molecule has 0 aromatic heterocycles. The van der Waals surface area contributed by atoms with Gasteiger partial charge in [-0.1, -0.05) is 50.6 Å². The molecule has 1 aliphatic heterocycles. The van der Waals surface area contributed by atoms with Gasteiger partial charge in [0.2, 0.25) is 0 Å². The molecule has 0 radical (unpaired) electrons. The average molecular weight is 393 g/mol. The molecule has 2 aromatic rings. The SMILES string of the molecule is CCOc1ccc(N2C(=O)C(O)=C(C(=O)C(C)(C)C)C2c2cccc(C)c2)cc1. The van der Waals surface area contributed by atoms with Crippen LogP contribution in [0, 0.1) is 12.3 Å². The molecule has 3 rings (SSSR count). The summed E-state index contributed by atoms with van der Waals surface area (Å²) < 4.78 is 5.49. The highest BCUT2D eigenvalue weighted by Gasteiger charge is 2.46. The lowest BCUT2D eigenvalue weighted by molar-refractivity contribution is -0.123. The Labute approximate surface area is 171 Å². The number of rotatable bonds is 5. The van der Waals surface area contributed by atoms with Crippen LogP contribution in [0.5, 0.6) is 5.75 Å². The normalized spacial score (nSPS) is 17.1. The number of amides is 1. The van der Waals surface area contributed by atoms with Crippen molar-refractivity contribution in [2.75, 3.05) is 11.5 Å². The van der Waals surface area contributed by atoms with Gasteiger partial charge in [-0.05, 0) is 43.7 Å². The number of Topliss-reactive ketones (excluding diaryl/α,β-unsaturated/α-hetero) is 1. The van der Waals surface area contributed by atoms with Crippen molar-refractivity contribution in [2.24, 2.45) is 5.41 Å². The first-order valence-electron chi connectivity index (χ1n) is 9.76. The lowest BCUT2D eigenvalue weighted by Crippen LogP contribution is -2.32. The van der Waals surface area contributed by atoms with Gasteiger partial charge in [0.1, 0.15) is 5.75 Å². The Hall–Kier alpha value is -3.08. The summed E-state index contributed by atoms with van der Waals surface area (Å²) in [5.74, 6) is -0.611. The first kappa shape index (κ1) is 20.6. The summed E-state index contributed by atoms with van der Waals surface area (Å²) in [7, 11) is 0. The summed E-state index contributed by atoms with van der Waals surface area (Å²) in [5.41, 5.74) is 1.79. The Balaban J connectivity index is 2.15. The molecular formula is C24H27NO4. The van der Waals surface area contributed by atoms with Gasteiger partial charge in [-0.25, -0.2) is 0 Å². The van der Waals surface area contributed by atoms with E-state index in [0.717, 1.165) is 11.1 Å².